The Bertz CT molecular complexity index is 769. The van der Waals surface area contributed by atoms with Crippen molar-refractivity contribution in [3.05, 3.63) is 41.6 Å². The third-order valence-electron chi connectivity index (χ3n) is 3.97. The summed E-state index contributed by atoms with van der Waals surface area (Å²) in [6.45, 7) is 2.76. The number of hydrogen-bond acceptors (Lipinski definition) is 4. The summed E-state index contributed by atoms with van der Waals surface area (Å²) >= 11 is 0. The first-order valence-corrected chi connectivity index (χ1v) is 7.82. The lowest BCUT2D eigenvalue weighted by Crippen LogP contribution is -2.44. The molecule has 0 spiro atoms. The van der Waals surface area contributed by atoms with Crippen molar-refractivity contribution in [1.29, 1.82) is 0 Å². The Morgan fingerprint density at radius 3 is 2.96 bits per heavy atom. The van der Waals surface area contributed by atoms with Gasteiger partial charge in [0.05, 0.1) is 19.3 Å². The van der Waals surface area contributed by atoms with Crippen molar-refractivity contribution in [2.75, 3.05) is 18.6 Å². The zero-order valence-corrected chi connectivity index (χ0v) is 13.8. The Labute approximate surface area is 140 Å². The Morgan fingerprint density at radius 1 is 1.38 bits per heavy atom. The lowest BCUT2D eigenvalue weighted by atomic mass is 10.2. The summed E-state index contributed by atoms with van der Waals surface area (Å²) in [5, 5.41) is 7.17. The Kier molecular flexibility index (Phi) is 4.50. The van der Waals surface area contributed by atoms with Crippen LogP contribution in [0.1, 0.15) is 17.7 Å². The summed E-state index contributed by atoms with van der Waals surface area (Å²) in [7, 11) is 1.59. The zero-order valence-electron chi connectivity index (χ0n) is 13.8. The summed E-state index contributed by atoms with van der Waals surface area (Å²) in [4.78, 5) is 25.9. The van der Waals surface area contributed by atoms with Gasteiger partial charge in [0, 0.05) is 24.6 Å². The van der Waals surface area contributed by atoms with E-state index in [1.807, 2.05) is 37.3 Å². The molecule has 7 heteroatoms. The van der Waals surface area contributed by atoms with Crippen LogP contribution in [0.2, 0.25) is 0 Å². The summed E-state index contributed by atoms with van der Waals surface area (Å²) < 4.78 is 7.03. The molecule has 126 valence electrons. The molecule has 2 amide bonds. The highest BCUT2D eigenvalue weighted by atomic mass is 16.5. The topological polar surface area (TPSA) is 76.5 Å². The fourth-order valence-corrected chi connectivity index (χ4v) is 2.79. The van der Waals surface area contributed by atoms with Crippen molar-refractivity contribution in [3.63, 3.8) is 0 Å². The van der Waals surface area contributed by atoms with E-state index in [9.17, 15) is 9.59 Å². The van der Waals surface area contributed by atoms with E-state index < -0.39 is 0 Å². The second kappa shape index (κ2) is 6.74. The molecule has 1 aromatic carbocycles. The molecular weight excluding hydrogens is 308 g/mol. The fourth-order valence-electron chi connectivity index (χ4n) is 2.79. The van der Waals surface area contributed by atoms with Gasteiger partial charge in [0.15, 0.2) is 0 Å². The number of para-hydroxylation sites is 1. The first-order valence-electron chi connectivity index (χ1n) is 7.82. The number of methoxy groups -OCH3 is 1. The summed E-state index contributed by atoms with van der Waals surface area (Å²) in [5.41, 5.74) is 1.72. The van der Waals surface area contributed by atoms with Crippen LogP contribution < -0.4 is 15.0 Å². The van der Waals surface area contributed by atoms with Gasteiger partial charge in [0.2, 0.25) is 11.8 Å². The van der Waals surface area contributed by atoms with Gasteiger partial charge in [0.25, 0.3) is 0 Å². The van der Waals surface area contributed by atoms with Crippen molar-refractivity contribution < 1.29 is 14.3 Å². The molecule has 1 aromatic heterocycles. The highest BCUT2D eigenvalue weighted by Crippen LogP contribution is 2.22. The highest BCUT2D eigenvalue weighted by molar-refractivity contribution is 5.98. The first kappa shape index (κ1) is 16.0. The van der Waals surface area contributed by atoms with Crippen molar-refractivity contribution in [2.24, 2.45) is 0 Å². The highest BCUT2D eigenvalue weighted by Gasteiger charge is 2.27. The number of nitrogens with zero attached hydrogens (tertiary/aromatic N) is 3. The van der Waals surface area contributed by atoms with E-state index in [4.69, 9.17) is 4.74 Å². The van der Waals surface area contributed by atoms with E-state index >= 15 is 0 Å². The third kappa shape index (κ3) is 3.24. The summed E-state index contributed by atoms with van der Waals surface area (Å²) in [6.07, 6.45) is 0.355. The summed E-state index contributed by atoms with van der Waals surface area (Å²) in [5.74, 6) is 1.12. The molecular formula is C17H20N4O3. The van der Waals surface area contributed by atoms with Gasteiger partial charge in [-0.05, 0) is 13.0 Å². The van der Waals surface area contributed by atoms with E-state index in [2.05, 4.69) is 10.4 Å². The Balaban J connectivity index is 1.66. The third-order valence-corrected chi connectivity index (χ3v) is 3.97. The number of benzene rings is 1. The number of anilines is 1. The van der Waals surface area contributed by atoms with Gasteiger partial charge in [-0.25, -0.2) is 4.68 Å². The lowest BCUT2D eigenvalue weighted by Gasteiger charge is -2.27. The van der Waals surface area contributed by atoms with E-state index in [1.54, 1.807) is 11.8 Å². The molecule has 1 aliphatic heterocycles. The SMILES string of the molecule is COc1ccccc1CNC(=O)CN1C(=O)CCn2nc(C)cc21. The molecule has 0 bridgehead atoms. The van der Waals surface area contributed by atoms with Crippen LogP contribution in [0, 0.1) is 6.92 Å². The Morgan fingerprint density at radius 2 is 2.17 bits per heavy atom. The minimum absolute atomic E-state index is 0.0148. The molecule has 1 N–H and O–H groups in total. The monoisotopic (exact) mass is 328 g/mol. The van der Waals surface area contributed by atoms with Crippen LogP contribution >= 0.6 is 0 Å². The predicted molar refractivity (Wildman–Crippen MR) is 88.8 cm³/mol. The second-order valence-electron chi connectivity index (χ2n) is 5.69. The van der Waals surface area contributed by atoms with E-state index in [0.29, 0.717) is 25.3 Å². The fraction of sp³-hybridized carbons (Fsp3) is 0.353. The molecule has 0 saturated heterocycles. The molecule has 0 aliphatic carbocycles. The molecule has 0 atom stereocenters. The maximum absolute atomic E-state index is 12.3. The molecule has 1 aliphatic rings. The Hall–Kier alpha value is -2.83. The molecule has 0 unspecified atom stereocenters. The molecule has 0 radical (unpaired) electrons. The van der Waals surface area contributed by atoms with Gasteiger partial charge < -0.3 is 10.1 Å². The normalized spacial score (nSPS) is 13.6. The van der Waals surface area contributed by atoms with Crippen LogP contribution in [-0.2, 0) is 22.7 Å². The molecule has 2 heterocycles. The quantitative estimate of drug-likeness (QED) is 0.896. The average Bonchev–Trinajstić information content (AvgIpc) is 2.96. The van der Waals surface area contributed by atoms with Gasteiger partial charge in [-0.2, -0.15) is 5.10 Å². The maximum atomic E-state index is 12.3. The average molecular weight is 328 g/mol. The van der Waals surface area contributed by atoms with Crippen LogP contribution in [-0.4, -0.2) is 35.2 Å². The number of hydrogen-bond donors (Lipinski definition) is 1. The molecule has 0 fully saturated rings. The van der Waals surface area contributed by atoms with Crippen LogP contribution in [0.4, 0.5) is 5.82 Å². The molecule has 2 aromatic rings. The standard InChI is InChI=1S/C17H20N4O3/c1-12-9-16-20(17(23)7-8-21(16)19-12)11-15(22)18-10-13-5-3-4-6-14(13)24-2/h3-6,9H,7-8,10-11H2,1-2H3,(H,18,22). The van der Waals surface area contributed by atoms with E-state index in [-0.39, 0.29) is 18.4 Å². The molecule has 7 nitrogen and oxygen atoms in total. The van der Waals surface area contributed by atoms with Gasteiger partial charge in [-0.1, -0.05) is 18.2 Å². The number of fused-ring (bicyclic) bond motifs is 1. The largest absolute Gasteiger partial charge is 0.496 e. The lowest BCUT2D eigenvalue weighted by molar-refractivity contribution is -0.124. The minimum Gasteiger partial charge on any atom is -0.496 e. The number of ether oxygens (including phenoxy) is 1. The van der Waals surface area contributed by atoms with Crippen molar-refractivity contribution in [2.45, 2.75) is 26.4 Å². The number of carbonyl (C=O) groups is 2. The van der Waals surface area contributed by atoms with Crippen LogP contribution in [0.15, 0.2) is 30.3 Å². The number of aromatic nitrogens is 2. The van der Waals surface area contributed by atoms with Gasteiger partial charge in [-0.15, -0.1) is 0 Å². The number of nitrogens with one attached hydrogen (secondary N) is 1. The predicted octanol–water partition coefficient (Wildman–Crippen LogP) is 1.25. The van der Waals surface area contributed by atoms with Crippen LogP contribution in [0.5, 0.6) is 5.75 Å². The smallest absolute Gasteiger partial charge is 0.240 e. The second-order valence-corrected chi connectivity index (χ2v) is 5.69. The number of aryl methyl sites for hydroxylation is 2. The number of carbonyl (C=O) groups excluding carboxylic acids is 2. The number of rotatable bonds is 5. The van der Waals surface area contributed by atoms with Gasteiger partial charge in [0.1, 0.15) is 18.1 Å². The van der Waals surface area contributed by atoms with E-state index in [0.717, 1.165) is 17.0 Å². The van der Waals surface area contributed by atoms with Crippen LogP contribution in [0.3, 0.4) is 0 Å². The number of amides is 2. The maximum Gasteiger partial charge on any atom is 0.240 e. The van der Waals surface area contributed by atoms with Crippen molar-refractivity contribution in [3.8, 4) is 5.75 Å². The van der Waals surface area contributed by atoms with Gasteiger partial charge in [-0.3, -0.25) is 14.5 Å². The van der Waals surface area contributed by atoms with Gasteiger partial charge >= 0.3 is 0 Å². The summed E-state index contributed by atoms with van der Waals surface area (Å²) in [6, 6.07) is 9.32. The molecule has 3 rings (SSSR count). The zero-order chi connectivity index (χ0) is 17.1. The molecule has 0 saturated carbocycles. The minimum atomic E-state index is -0.221. The van der Waals surface area contributed by atoms with Crippen molar-refractivity contribution >= 4 is 17.6 Å². The van der Waals surface area contributed by atoms with Crippen LogP contribution in [0.25, 0.3) is 0 Å². The van der Waals surface area contributed by atoms with Crippen molar-refractivity contribution in [1.82, 2.24) is 15.1 Å². The molecule has 24 heavy (non-hydrogen) atoms. The van der Waals surface area contributed by atoms with E-state index in [1.165, 1.54) is 4.90 Å². The first-order chi connectivity index (χ1) is 11.6.